The molecule has 2 aromatic carbocycles. The summed E-state index contributed by atoms with van der Waals surface area (Å²) in [6.07, 6.45) is 0.447. The van der Waals surface area contributed by atoms with Gasteiger partial charge in [-0.15, -0.1) is 10.2 Å². The van der Waals surface area contributed by atoms with Crippen LogP contribution in [0, 0.1) is 0 Å². The molecule has 0 unspecified atom stereocenters. The molecule has 1 aliphatic heterocycles. The SMILES string of the molecule is CCC(=O)Nc1ccc(C2=Nn3c(COc4ccc(OC)cc4)nnc3SC2)cc1. The minimum Gasteiger partial charge on any atom is -0.497 e. The van der Waals surface area contributed by atoms with Gasteiger partial charge in [0.25, 0.3) is 0 Å². The van der Waals surface area contributed by atoms with E-state index in [4.69, 9.17) is 14.6 Å². The van der Waals surface area contributed by atoms with Crippen molar-refractivity contribution in [1.82, 2.24) is 14.9 Å². The second-order valence-electron chi connectivity index (χ2n) is 6.49. The number of methoxy groups -OCH3 is 1. The Hall–Kier alpha value is -3.33. The van der Waals surface area contributed by atoms with E-state index in [1.54, 1.807) is 23.5 Å². The Balaban J connectivity index is 1.48. The summed E-state index contributed by atoms with van der Waals surface area (Å²) in [5, 5.41) is 16.7. The Bertz CT molecular complexity index is 1060. The summed E-state index contributed by atoms with van der Waals surface area (Å²) in [5.41, 5.74) is 2.66. The number of anilines is 1. The third-order valence-corrected chi connectivity index (χ3v) is 5.42. The lowest BCUT2D eigenvalue weighted by Gasteiger charge is -2.14. The number of amides is 1. The van der Waals surface area contributed by atoms with Crippen LogP contribution in [0.2, 0.25) is 0 Å². The van der Waals surface area contributed by atoms with Gasteiger partial charge in [0.1, 0.15) is 18.1 Å². The van der Waals surface area contributed by atoms with Crippen LogP contribution < -0.4 is 14.8 Å². The van der Waals surface area contributed by atoms with E-state index >= 15 is 0 Å². The fourth-order valence-corrected chi connectivity index (χ4v) is 3.67. The van der Waals surface area contributed by atoms with E-state index in [2.05, 4.69) is 15.5 Å². The molecule has 2 heterocycles. The fraction of sp³-hybridized carbons (Fsp3) is 0.238. The van der Waals surface area contributed by atoms with Gasteiger partial charge < -0.3 is 14.8 Å². The average Bonchev–Trinajstić information content (AvgIpc) is 3.20. The van der Waals surface area contributed by atoms with Gasteiger partial charge in [-0.1, -0.05) is 30.8 Å². The summed E-state index contributed by atoms with van der Waals surface area (Å²) in [6.45, 7) is 2.07. The molecular weight excluding hydrogens is 402 g/mol. The zero-order chi connectivity index (χ0) is 20.9. The molecular formula is C21H21N5O3S. The van der Waals surface area contributed by atoms with Crippen LogP contribution in [0.15, 0.2) is 58.8 Å². The van der Waals surface area contributed by atoms with Crippen LogP contribution in [0.1, 0.15) is 24.7 Å². The summed E-state index contributed by atoms with van der Waals surface area (Å²) < 4.78 is 12.7. The van der Waals surface area contributed by atoms with Crippen LogP contribution in [-0.2, 0) is 11.4 Å². The van der Waals surface area contributed by atoms with Crippen LogP contribution in [-0.4, -0.2) is 39.4 Å². The molecule has 0 radical (unpaired) electrons. The second kappa shape index (κ2) is 9.00. The van der Waals surface area contributed by atoms with Crippen molar-refractivity contribution >= 4 is 29.1 Å². The van der Waals surface area contributed by atoms with E-state index in [0.717, 1.165) is 27.9 Å². The van der Waals surface area contributed by atoms with Gasteiger partial charge in [0.2, 0.25) is 11.1 Å². The van der Waals surface area contributed by atoms with Gasteiger partial charge in [-0.3, -0.25) is 4.79 Å². The topological polar surface area (TPSA) is 90.6 Å². The third-order valence-electron chi connectivity index (χ3n) is 4.49. The van der Waals surface area contributed by atoms with Gasteiger partial charge in [0, 0.05) is 17.9 Å². The molecule has 0 saturated carbocycles. The number of fused-ring (bicyclic) bond motifs is 1. The molecule has 154 valence electrons. The lowest BCUT2D eigenvalue weighted by molar-refractivity contribution is -0.115. The molecule has 1 aromatic heterocycles. The Morgan fingerprint density at radius 1 is 1.10 bits per heavy atom. The predicted molar refractivity (Wildman–Crippen MR) is 115 cm³/mol. The number of hydrogen-bond donors (Lipinski definition) is 1. The number of carbonyl (C=O) groups excluding carboxylic acids is 1. The maximum atomic E-state index is 11.5. The molecule has 0 fully saturated rings. The van der Waals surface area contributed by atoms with E-state index in [1.807, 2.05) is 55.5 Å². The van der Waals surface area contributed by atoms with E-state index in [9.17, 15) is 4.79 Å². The van der Waals surface area contributed by atoms with Crippen LogP contribution in [0.25, 0.3) is 0 Å². The molecule has 4 rings (SSSR count). The zero-order valence-corrected chi connectivity index (χ0v) is 17.5. The van der Waals surface area contributed by atoms with Crippen molar-refractivity contribution in [1.29, 1.82) is 0 Å². The van der Waals surface area contributed by atoms with E-state index in [1.165, 1.54) is 0 Å². The minimum absolute atomic E-state index is 0.0102. The number of aromatic nitrogens is 3. The van der Waals surface area contributed by atoms with Crippen molar-refractivity contribution < 1.29 is 14.3 Å². The number of nitrogens with zero attached hydrogens (tertiary/aromatic N) is 4. The first-order valence-corrected chi connectivity index (χ1v) is 10.5. The molecule has 1 aliphatic rings. The van der Waals surface area contributed by atoms with E-state index in [-0.39, 0.29) is 12.5 Å². The van der Waals surface area contributed by atoms with E-state index < -0.39 is 0 Å². The molecule has 9 heteroatoms. The smallest absolute Gasteiger partial charge is 0.224 e. The molecule has 3 aromatic rings. The molecule has 30 heavy (non-hydrogen) atoms. The number of carbonyl (C=O) groups is 1. The number of ether oxygens (including phenoxy) is 2. The van der Waals surface area contributed by atoms with Crippen molar-refractivity contribution in [3.05, 3.63) is 59.9 Å². The average molecular weight is 423 g/mol. The Kier molecular flexibility index (Phi) is 5.99. The van der Waals surface area contributed by atoms with Crippen molar-refractivity contribution in [2.75, 3.05) is 18.2 Å². The molecule has 0 bridgehead atoms. The van der Waals surface area contributed by atoms with Crippen molar-refractivity contribution in [2.24, 2.45) is 5.10 Å². The lowest BCUT2D eigenvalue weighted by atomic mass is 10.1. The van der Waals surface area contributed by atoms with Gasteiger partial charge in [-0.2, -0.15) is 9.78 Å². The molecule has 1 amide bonds. The highest BCUT2D eigenvalue weighted by molar-refractivity contribution is 7.99. The Labute approximate surface area is 178 Å². The first-order chi connectivity index (χ1) is 14.7. The van der Waals surface area contributed by atoms with Gasteiger partial charge in [-0.05, 0) is 42.0 Å². The number of hydrogen-bond acceptors (Lipinski definition) is 7. The first-order valence-electron chi connectivity index (χ1n) is 9.48. The van der Waals surface area contributed by atoms with Crippen LogP contribution in [0.4, 0.5) is 5.69 Å². The molecule has 0 spiro atoms. The van der Waals surface area contributed by atoms with Crippen LogP contribution in [0.5, 0.6) is 11.5 Å². The molecule has 0 aliphatic carbocycles. The third kappa shape index (κ3) is 4.46. The fourth-order valence-electron chi connectivity index (χ4n) is 2.81. The number of benzene rings is 2. The normalized spacial score (nSPS) is 12.7. The van der Waals surface area contributed by atoms with Crippen molar-refractivity contribution in [3.63, 3.8) is 0 Å². The van der Waals surface area contributed by atoms with Gasteiger partial charge in [-0.25, -0.2) is 0 Å². The molecule has 1 N–H and O–H groups in total. The van der Waals surface area contributed by atoms with Gasteiger partial charge in [0.15, 0.2) is 5.82 Å². The molecule has 0 saturated heterocycles. The summed E-state index contributed by atoms with van der Waals surface area (Å²) >= 11 is 1.57. The standard InChI is InChI=1S/C21H21N5O3S/c1-3-20(27)22-15-6-4-14(5-7-15)18-13-30-21-24-23-19(26(21)25-18)12-29-17-10-8-16(28-2)9-11-17/h4-11H,3,12-13H2,1-2H3,(H,22,27). The van der Waals surface area contributed by atoms with E-state index in [0.29, 0.717) is 23.7 Å². The maximum absolute atomic E-state index is 11.5. The van der Waals surface area contributed by atoms with Gasteiger partial charge in [0.05, 0.1) is 12.8 Å². The monoisotopic (exact) mass is 423 g/mol. The number of rotatable bonds is 7. The highest BCUT2D eigenvalue weighted by Gasteiger charge is 2.20. The Morgan fingerprint density at radius 2 is 1.83 bits per heavy atom. The molecule has 8 nitrogen and oxygen atoms in total. The first kappa shape index (κ1) is 20.0. The predicted octanol–water partition coefficient (Wildman–Crippen LogP) is 3.57. The van der Waals surface area contributed by atoms with Crippen molar-refractivity contribution in [3.8, 4) is 11.5 Å². The highest BCUT2D eigenvalue weighted by atomic mass is 32.2. The summed E-state index contributed by atoms with van der Waals surface area (Å²) in [6, 6.07) is 15.0. The van der Waals surface area contributed by atoms with Crippen LogP contribution >= 0.6 is 11.8 Å². The van der Waals surface area contributed by atoms with Crippen molar-refractivity contribution in [2.45, 2.75) is 25.1 Å². The second-order valence-corrected chi connectivity index (χ2v) is 7.43. The number of nitrogens with one attached hydrogen (secondary N) is 1. The summed E-state index contributed by atoms with van der Waals surface area (Å²) in [5.74, 6) is 2.79. The lowest BCUT2D eigenvalue weighted by Crippen LogP contribution is -2.15. The largest absolute Gasteiger partial charge is 0.497 e. The Morgan fingerprint density at radius 3 is 2.53 bits per heavy atom. The van der Waals surface area contributed by atoms with Gasteiger partial charge >= 0.3 is 0 Å². The number of thioether (sulfide) groups is 1. The summed E-state index contributed by atoms with van der Waals surface area (Å²) in [4.78, 5) is 11.5. The quantitative estimate of drug-likeness (QED) is 0.625. The van der Waals surface area contributed by atoms with Crippen LogP contribution in [0.3, 0.4) is 0 Å². The maximum Gasteiger partial charge on any atom is 0.224 e. The zero-order valence-electron chi connectivity index (χ0n) is 16.7. The summed E-state index contributed by atoms with van der Waals surface area (Å²) in [7, 11) is 1.63. The highest BCUT2D eigenvalue weighted by Crippen LogP contribution is 2.25. The molecule has 0 atom stereocenters. The minimum atomic E-state index is -0.0102.